The zero-order valence-electron chi connectivity index (χ0n) is 11.9. The van der Waals surface area contributed by atoms with Crippen LogP contribution in [0.5, 0.6) is 0 Å². The Kier molecular flexibility index (Phi) is 6.01. The minimum absolute atomic E-state index is 0.678. The average molecular weight is 251 g/mol. The van der Waals surface area contributed by atoms with E-state index < -0.39 is 0 Å². The average Bonchev–Trinajstić information content (AvgIpc) is 2.36. The summed E-state index contributed by atoms with van der Waals surface area (Å²) < 4.78 is 0. The van der Waals surface area contributed by atoms with Crippen molar-refractivity contribution in [3.05, 3.63) is 17.6 Å². The van der Waals surface area contributed by atoms with E-state index >= 15 is 0 Å². The number of anilines is 1. The van der Waals surface area contributed by atoms with Gasteiger partial charge in [0.15, 0.2) is 0 Å². The van der Waals surface area contributed by atoms with Crippen molar-refractivity contribution < 1.29 is 0 Å². The first-order valence-electron chi connectivity index (χ1n) is 6.62. The topological polar surface area (TPSA) is 67.1 Å². The molecule has 1 aromatic rings. The fourth-order valence-electron chi connectivity index (χ4n) is 1.85. The highest BCUT2D eigenvalue weighted by Gasteiger charge is 2.10. The molecule has 0 saturated carbocycles. The second-order valence-corrected chi connectivity index (χ2v) is 4.80. The number of aryl methyl sites for hydroxylation is 1. The number of nitrogens with zero attached hydrogens (tertiary/aromatic N) is 3. The molecule has 0 aromatic carbocycles. The van der Waals surface area contributed by atoms with Crippen LogP contribution in [0.25, 0.3) is 0 Å². The number of rotatable bonds is 7. The summed E-state index contributed by atoms with van der Waals surface area (Å²) in [5.74, 6) is 7.60. The largest absolute Gasteiger partial charge is 0.308 e. The molecule has 0 amide bonds. The molecule has 1 heterocycles. The summed E-state index contributed by atoms with van der Waals surface area (Å²) in [6.07, 6.45) is 1.20. The van der Waals surface area contributed by atoms with Crippen molar-refractivity contribution in [2.24, 2.45) is 11.8 Å². The number of nitrogens with one attached hydrogen (secondary N) is 1. The van der Waals surface area contributed by atoms with Crippen molar-refractivity contribution in [1.82, 2.24) is 14.9 Å². The van der Waals surface area contributed by atoms with Crippen LogP contribution in [0.4, 0.5) is 5.82 Å². The molecule has 3 N–H and O–H groups in total. The van der Waals surface area contributed by atoms with E-state index in [0.29, 0.717) is 11.7 Å². The van der Waals surface area contributed by atoms with Gasteiger partial charge in [-0.2, -0.15) is 0 Å². The molecule has 1 rings (SSSR count). The molecular formula is C13H25N5. The SMILES string of the molecule is CCC(C)CN(CC)Cc1nc(C)cc(NN)n1. The van der Waals surface area contributed by atoms with Gasteiger partial charge >= 0.3 is 0 Å². The lowest BCUT2D eigenvalue weighted by Gasteiger charge is -2.23. The molecule has 0 saturated heterocycles. The van der Waals surface area contributed by atoms with Crippen LogP contribution in [0, 0.1) is 12.8 Å². The molecule has 0 radical (unpaired) electrons. The maximum atomic E-state index is 5.40. The van der Waals surface area contributed by atoms with Gasteiger partial charge in [0.1, 0.15) is 11.6 Å². The van der Waals surface area contributed by atoms with Gasteiger partial charge < -0.3 is 5.43 Å². The van der Waals surface area contributed by atoms with Gasteiger partial charge in [-0.15, -0.1) is 0 Å². The van der Waals surface area contributed by atoms with Crippen LogP contribution in [0.3, 0.4) is 0 Å². The lowest BCUT2D eigenvalue weighted by molar-refractivity contribution is 0.232. The Hall–Kier alpha value is -1.20. The van der Waals surface area contributed by atoms with E-state index in [1.165, 1.54) is 6.42 Å². The summed E-state index contributed by atoms with van der Waals surface area (Å²) in [4.78, 5) is 11.2. The number of nitrogen functional groups attached to an aromatic ring is 1. The smallest absolute Gasteiger partial charge is 0.145 e. The van der Waals surface area contributed by atoms with Crippen LogP contribution >= 0.6 is 0 Å². The summed E-state index contributed by atoms with van der Waals surface area (Å²) in [6.45, 7) is 11.5. The number of nitrogens with two attached hydrogens (primary N) is 1. The third kappa shape index (κ3) is 4.58. The predicted octanol–water partition coefficient (Wildman–Crippen LogP) is 1.94. The first kappa shape index (κ1) is 14.9. The van der Waals surface area contributed by atoms with Gasteiger partial charge in [0.25, 0.3) is 0 Å². The molecule has 18 heavy (non-hydrogen) atoms. The highest BCUT2D eigenvalue weighted by atomic mass is 15.3. The maximum Gasteiger partial charge on any atom is 0.145 e. The van der Waals surface area contributed by atoms with Crippen molar-refractivity contribution >= 4 is 5.82 Å². The molecule has 0 bridgehead atoms. The Bertz CT molecular complexity index is 366. The Morgan fingerprint density at radius 3 is 2.67 bits per heavy atom. The van der Waals surface area contributed by atoms with E-state index in [1.807, 2.05) is 13.0 Å². The third-order valence-corrected chi connectivity index (χ3v) is 3.13. The van der Waals surface area contributed by atoms with Gasteiger partial charge in [0.05, 0.1) is 6.54 Å². The molecule has 0 aliphatic carbocycles. The van der Waals surface area contributed by atoms with Gasteiger partial charge in [-0.3, -0.25) is 4.90 Å². The van der Waals surface area contributed by atoms with Crippen LogP contribution < -0.4 is 11.3 Å². The Morgan fingerprint density at radius 1 is 1.39 bits per heavy atom. The summed E-state index contributed by atoms with van der Waals surface area (Å²) in [5.41, 5.74) is 3.52. The molecule has 0 aliphatic heterocycles. The van der Waals surface area contributed by atoms with Gasteiger partial charge in [0, 0.05) is 18.3 Å². The van der Waals surface area contributed by atoms with Crippen LogP contribution in [0.1, 0.15) is 38.7 Å². The van der Waals surface area contributed by atoms with Crippen LogP contribution in [-0.4, -0.2) is 28.0 Å². The van der Waals surface area contributed by atoms with E-state index in [-0.39, 0.29) is 0 Å². The highest BCUT2D eigenvalue weighted by molar-refractivity contribution is 5.33. The van der Waals surface area contributed by atoms with Gasteiger partial charge in [-0.05, 0) is 19.4 Å². The molecule has 5 heteroatoms. The molecule has 1 unspecified atom stereocenters. The van der Waals surface area contributed by atoms with E-state index in [1.54, 1.807) is 0 Å². The van der Waals surface area contributed by atoms with E-state index in [9.17, 15) is 0 Å². The standard InChI is InChI=1S/C13H25N5/c1-5-10(3)8-18(6-2)9-13-15-11(4)7-12(16-13)17-14/h7,10H,5-6,8-9,14H2,1-4H3,(H,15,16,17). The molecule has 1 atom stereocenters. The van der Waals surface area contributed by atoms with E-state index in [2.05, 4.69) is 41.1 Å². The highest BCUT2D eigenvalue weighted by Crippen LogP contribution is 2.09. The second-order valence-electron chi connectivity index (χ2n) is 4.80. The van der Waals surface area contributed by atoms with Crippen LogP contribution in [-0.2, 0) is 6.54 Å². The summed E-state index contributed by atoms with van der Waals surface area (Å²) in [6, 6.07) is 1.84. The molecule has 0 fully saturated rings. The lowest BCUT2D eigenvalue weighted by atomic mass is 10.1. The van der Waals surface area contributed by atoms with Crippen LogP contribution in [0.2, 0.25) is 0 Å². The van der Waals surface area contributed by atoms with Crippen molar-refractivity contribution in [2.75, 3.05) is 18.5 Å². The van der Waals surface area contributed by atoms with E-state index in [0.717, 1.165) is 31.2 Å². The third-order valence-electron chi connectivity index (χ3n) is 3.13. The fourth-order valence-corrected chi connectivity index (χ4v) is 1.85. The molecule has 0 aliphatic rings. The second kappa shape index (κ2) is 7.28. The first-order chi connectivity index (χ1) is 8.58. The summed E-state index contributed by atoms with van der Waals surface area (Å²) >= 11 is 0. The van der Waals surface area contributed by atoms with Crippen molar-refractivity contribution in [2.45, 2.75) is 40.7 Å². The quantitative estimate of drug-likeness (QED) is 0.572. The minimum Gasteiger partial charge on any atom is -0.308 e. The fraction of sp³-hybridized carbons (Fsp3) is 0.692. The Balaban J connectivity index is 2.71. The zero-order valence-corrected chi connectivity index (χ0v) is 11.9. The van der Waals surface area contributed by atoms with Crippen molar-refractivity contribution in [3.8, 4) is 0 Å². The molecule has 5 nitrogen and oxygen atoms in total. The summed E-state index contributed by atoms with van der Waals surface area (Å²) in [7, 11) is 0. The van der Waals surface area contributed by atoms with E-state index in [4.69, 9.17) is 5.84 Å². The molecular weight excluding hydrogens is 226 g/mol. The van der Waals surface area contributed by atoms with Gasteiger partial charge in [0.2, 0.25) is 0 Å². The Labute approximate surface area is 110 Å². The monoisotopic (exact) mass is 251 g/mol. The lowest BCUT2D eigenvalue weighted by Crippen LogP contribution is -2.29. The van der Waals surface area contributed by atoms with Gasteiger partial charge in [-0.25, -0.2) is 15.8 Å². The predicted molar refractivity (Wildman–Crippen MR) is 75.0 cm³/mol. The first-order valence-corrected chi connectivity index (χ1v) is 6.62. The van der Waals surface area contributed by atoms with Crippen LogP contribution in [0.15, 0.2) is 6.07 Å². The molecule has 0 spiro atoms. The molecule has 102 valence electrons. The number of hydrogen-bond acceptors (Lipinski definition) is 5. The minimum atomic E-state index is 0.678. The molecule has 1 aromatic heterocycles. The number of hydrazine groups is 1. The number of aromatic nitrogens is 2. The zero-order chi connectivity index (χ0) is 13.5. The maximum absolute atomic E-state index is 5.40. The van der Waals surface area contributed by atoms with Gasteiger partial charge in [-0.1, -0.05) is 27.2 Å². The van der Waals surface area contributed by atoms with Crippen molar-refractivity contribution in [3.63, 3.8) is 0 Å². The normalized spacial score (nSPS) is 12.8. The number of hydrogen-bond donors (Lipinski definition) is 2. The van der Waals surface area contributed by atoms with Crippen molar-refractivity contribution in [1.29, 1.82) is 0 Å². The Morgan fingerprint density at radius 2 is 2.11 bits per heavy atom. The summed E-state index contributed by atoms with van der Waals surface area (Å²) in [5, 5.41) is 0.